The highest BCUT2D eigenvalue weighted by Gasteiger charge is 2.34. The van der Waals surface area contributed by atoms with Crippen molar-refractivity contribution in [1.29, 1.82) is 0 Å². The van der Waals surface area contributed by atoms with Crippen molar-refractivity contribution < 1.29 is 19.0 Å². The van der Waals surface area contributed by atoms with Crippen LogP contribution in [-0.2, 0) is 20.8 Å². The molecule has 2 aromatic carbocycles. The highest BCUT2D eigenvalue weighted by atomic mass is 32.1. The normalized spacial score (nSPS) is 18.8. The van der Waals surface area contributed by atoms with Gasteiger partial charge in [-0.05, 0) is 75.3 Å². The lowest BCUT2D eigenvalue weighted by atomic mass is 9.91. The lowest BCUT2D eigenvalue weighted by molar-refractivity contribution is -0.139. The van der Waals surface area contributed by atoms with Crippen molar-refractivity contribution in [2.75, 3.05) is 20.3 Å². The fourth-order valence-corrected chi connectivity index (χ4v) is 7.22. The average molecular weight is 586 g/mol. The summed E-state index contributed by atoms with van der Waals surface area (Å²) in [4.78, 5) is 32.9. The molecule has 0 radical (unpaired) electrons. The van der Waals surface area contributed by atoms with E-state index >= 15 is 0 Å². The van der Waals surface area contributed by atoms with Gasteiger partial charge in [0.1, 0.15) is 5.75 Å². The molecule has 4 heterocycles. The van der Waals surface area contributed by atoms with E-state index in [2.05, 4.69) is 24.5 Å². The van der Waals surface area contributed by atoms with Crippen LogP contribution in [0.1, 0.15) is 55.2 Å². The Bertz CT molecular complexity index is 1910. The number of ether oxygens (including phenoxy) is 3. The Morgan fingerprint density at radius 3 is 2.67 bits per heavy atom. The molecule has 0 saturated carbocycles. The summed E-state index contributed by atoms with van der Waals surface area (Å²) in [5.41, 5.74) is 4.73. The van der Waals surface area contributed by atoms with Crippen molar-refractivity contribution in [3.63, 3.8) is 0 Å². The predicted octanol–water partition coefficient (Wildman–Crippen LogP) is 4.56. The molecule has 1 fully saturated rings. The second-order valence-electron chi connectivity index (χ2n) is 10.8. The molecule has 0 amide bonds. The summed E-state index contributed by atoms with van der Waals surface area (Å²) in [6.07, 6.45) is 4.32. The third-order valence-corrected chi connectivity index (χ3v) is 9.24. The molecule has 0 bridgehead atoms. The number of rotatable bonds is 7. The number of methoxy groups -OCH3 is 1. The Balaban J connectivity index is 1.54. The number of nitrogens with zero attached hydrogens (tertiary/aromatic N) is 3. The van der Waals surface area contributed by atoms with E-state index in [1.807, 2.05) is 42.5 Å². The zero-order chi connectivity index (χ0) is 29.5. The van der Waals surface area contributed by atoms with E-state index < -0.39 is 12.0 Å². The maximum absolute atomic E-state index is 14.2. The van der Waals surface area contributed by atoms with Crippen molar-refractivity contribution in [3.8, 4) is 5.75 Å². The Morgan fingerprint density at radius 2 is 1.95 bits per heavy atom. The number of hydrogen-bond donors (Lipinski definition) is 0. The third-order valence-electron chi connectivity index (χ3n) is 8.26. The molecule has 42 heavy (non-hydrogen) atoms. The van der Waals surface area contributed by atoms with E-state index in [1.54, 1.807) is 25.5 Å². The van der Waals surface area contributed by atoms with E-state index in [9.17, 15) is 9.59 Å². The largest absolute Gasteiger partial charge is 0.496 e. The summed E-state index contributed by atoms with van der Waals surface area (Å²) >= 11 is 1.34. The highest BCUT2D eigenvalue weighted by molar-refractivity contribution is 7.07. The molecule has 4 aromatic rings. The van der Waals surface area contributed by atoms with Gasteiger partial charge in [0.05, 0.1) is 41.7 Å². The topological polar surface area (TPSA) is 84.0 Å². The van der Waals surface area contributed by atoms with Crippen LogP contribution in [0.25, 0.3) is 16.8 Å². The predicted molar refractivity (Wildman–Crippen MR) is 164 cm³/mol. The smallest absolute Gasteiger partial charge is 0.338 e. The van der Waals surface area contributed by atoms with E-state index in [1.165, 1.54) is 11.3 Å². The van der Waals surface area contributed by atoms with Crippen LogP contribution in [0.5, 0.6) is 5.75 Å². The van der Waals surface area contributed by atoms with Gasteiger partial charge in [-0.1, -0.05) is 41.7 Å². The van der Waals surface area contributed by atoms with Crippen LogP contribution < -0.4 is 19.6 Å². The van der Waals surface area contributed by atoms with Crippen molar-refractivity contribution in [3.05, 3.63) is 95.9 Å². The molecule has 6 rings (SSSR count). The molecule has 2 atom stereocenters. The standard InChI is InChI=1S/C33H35N3O5S/c1-6-40-32(38)29-20(3)34-33-36(30(29)26-13-14-27(39-5)25-12-8-7-11-24(25)26)31(37)28(42-33)17-22-16-19(2)35(21(22)4)18-23-10-9-15-41-23/h7-8,11-14,16-17,23,30H,6,9-10,15,18H2,1-5H3/b28-17-. The number of carbonyl (C=O) groups is 1. The van der Waals surface area contributed by atoms with Gasteiger partial charge in [-0.2, -0.15) is 0 Å². The van der Waals surface area contributed by atoms with Gasteiger partial charge in [-0.25, -0.2) is 9.79 Å². The Morgan fingerprint density at radius 1 is 1.17 bits per heavy atom. The summed E-state index contributed by atoms with van der Waals surface area (Å²) in [7, 11) is 1.64. The second kappa shape index (κ2) is 11.4. The molecule has 9 heteroatoms. The minimum absolute atomic E-state index is 0.193. The Labute approximate surface area is 248 Å². The molecule has 2 aliphatic rings. The number of hydrogen-bond acceptors (Lipinski definition) is 7. The molecular formula is C33H35N3O5S. The molecular weight excluding hydrogens is 550 g/mol. The summed E-state index contributed by atoms with van der Waals surface area (Å²) in [5, 5.41) is 1.79. The van der Waals surface area contributed by atoms with Gasteiger partial charge >= 0.3 is 5.97 Å². The third kappa shape index (κ3) is 4.80. The van der Waals surface area contributed by atoms with Gasteiger partial charge in [-0.3, -0.25) is 9.36 Å². The van der Waals surface area contributed by atoms with Crippen molar-refractivity contribution in [2.45, 2.75) is 59.2 Å². The van der Waals surface area contributed by atoms with E-state index in [-0.39, 0.29) is 18.3 Å². The fourth-order valence-electron chi connectivity index (χ4n) is 6.18. The number of thiazole rings is 1. The zero-order valence-electron chi connectivity index (χ0n) is 24.6. The van der Waals surface area contributed by atoms with Crippen LogP contribution >= 0.6 is 11.3 Å². The molecule has 0 N–H and O–H groups in total. The van der Waals surface area contributed by atoms with Gasteiger partial charge < -0.3 is 18.8 Å². The molecule has 1 saturated heterocycles. The van der Waals surface area contributed by atoms with Crippen LogP contribution in [0.2, 0.25) is 0 Å². The maximum atomic E-state index is 14.2. The Kier molecular flexibility index (Phi) is 7.64. The van der Waals surface area contributed by atoms with Crippen LogP contribution in [0.4, 0.5) is 0 Å². The van der Waals surface area contributed by atoms with E-state index in [0.29, 0.717) is 20.6 Å². The van der Waals surface area contributed by atoms with Gasteiger partial charge in [-0.15, -0.1) is 0 Å². The maximum Gasteiger partial charge on any atom is 0.338 e. The second-order valence-corrected chi connectivity index (χ2v) is 11.8. The summed E-state index contributed by atoms with van der Waals surface area (Å²) in [6, 6.07) is 13.1. The molecule has 218 valence electrons. The summed E-state index contributed by atoms with van der Waals surface area (Å²) in [5.74, 6) is 0.245. The van der Waals surface area contributed by atoms with E-state index in [0.717, 1.165) is 65.0 Å². The molecule has 8 nitrogen and oxygen atoms in total. The summed E-state index contributed by atoms with van der Waals surface area (Å²) in [6.45, 7) is 9.59. The number of aromatic nitrogens is 2. The molecule has 2 aliphatic heterocycles. The number of benzene rings is 2. The van der Waals surface area contributed by atoms with Gasteiger partial charge in [0.2, 0.25) is 0 Å². The van der Waals surface area contributed by atoms with Gasteiger partial charge in [0.15, 0.2) is 4.80 Å². The first kappa shape index (κ1) is 28.2. The highest BCUT2D eigenvalue weighted by Crippen LogP contribution is 2.38. The first-order valence-electron chi connectivity index (χ1n) is 14.4. The van der Waals surface area contributed by atoms with Gasteiger partial charge in [0.25, 0.3) is 5.56 Å². The zero-order valence-corrected chi connectivity index (χ0v) is 25.4. The molecule has 0 aliphatic carbocycles. The van der Waals surface area contributed by atoms with Crippen molar-refractivity contribution in [2.24, 2.45) is 4.99 Å². The minimum atomic E-state index is -0.704. The number of carbonyl (C=O) groups excluding carboxylic acids is 1. The lowest BCUT2D eigenvalue weighted by Gasteiger charge is -2.26. The number of aryl methyl sites for hydroxylation is 1. The van der Waals surface area contributed by atoms with Gasteiger partial charge in [0, 0.05) is 29.9 Å². The summed E-state index contributed by atoms with van der Waals surface area (Å²) < 4.78 is 21.5. The van der Waals surface area contributed by atoms with Crippen LogP contribution in [0.15, 0.2) is 63.5 Å². The van der Waals surface area contributed by atoms with Crippen LogP contribution in [0.3, 0.4) is 0 Å². The van der Waals surface area contributed by atoms with Crippen molar-refractivity contribution in [1.82, 2.24) is 9.13 Å². The quantitative estimate of drug-likeness (QED) is 0.297. The lowest BCUT2D eigenvalue weighted by Crippen LogP contribution is -2.40. The first-order valence-corrected chi connectivity index (χ1v) is 15.2. The van der Waals surface area contributed by atoms with Crippen LogP contribution in [0, 0.1) is 13.8 Å². The molecule has 2 unspecified atom stereocenters. The molecule has 0 spiro atoms. The fraction of sp³-hybridized carbons (Fsp3) is 0.364. The van der Waals surface area contributed by atoms with E-state index in [4.69, 9.17) is 19.2 Å². The minimum Gasteiger partial charge on any atom is -0.496 e. The Hall–Kier alpha value is -3.95. The van der Waals surface area contributed by atoms with Crippen LogP contribution in [-0.4, -0.2) is 41.5 Å². The number of esters is 1. The first-order chi connectivity index (χ1) is 20.3. The SMILES string of the molecule is CCOC(=O)C1=C(C)N=c2s/c(=C\c3cc(C)n(CC4CCCO4)c3C)c(=O)n2C1c1ccc(OC)c2ccccc12. The number of allylic oxidation sites excluding steroid dienone is 1. The average Bonchev–Trinajstić information content (AvgIpc) is 3.67. The monoisotopic (exact) mass is 585 g/mol. The number of fused-ring (bicyclic) bond motifs is 2. The van der Waals surface area contributed by atoms with Crippen molar-refractivity contribution >= 4 is 34.2 Å². The molecule has 2 aromatic heterocycles.